The molecule has 1 aliphatic rings. The molecule has 0 unspecified atom stereocenters. The Morgan fingerprint density at radius 2 is 1.67 bits per heavy atom. The summed E-state index contributed by atoms with van der Waals surface area (Å²) in [5.41, 5.74) is 0.841. The zero-order valence-corrected chi connectivity index (χ0v) is 13.4. The Morgan fingerprint density at radius 3 is 2.29 bits per heavy atom. The summed E-state index contributed by atoms with van der Waals surface area (Å²) in [4.78, 5) is 0. The molecule has 0 atom stereocenters. The molecule has 0 saturated carbocycles. The number of nitrogens with zero attached hydrogens (tertiary/aromatic N) is 2. The smallest absolute Gasteiger partial charge is 0.398 e. The number of halogens is 1. The van der Waals surface area contributed by atoms with Gasteiger partial charge in [0.2, 0.25) is 0 Å². The van der Waals surface area contributed by atoms with Gasteiger partial charge in [-0.25, -0.2) is 4.68 Å². The molecular weight excluding hydrogens is 286 g/mol. The van der Waals surface area contributed by atoms with Crippen molar-refractivity contribution >= 4 is 24.3 Å². The van der Waals surface area contributed by atoms with E-state index in [1.165, 1.54) is 0 Å². The van der Waals surface area contributed by atoms with Gasteiger partial charge in [-0.2, -0.15) is 5.10 Å². The second kappa shape index (κ2) is 4.87. The van der Waals surface area contributed by atoms with Gasteiger partial charge in [-0.1, -0.05) is 23.7 Å². The van der Waals surface area contributed by atoms with E-state index in [9.17, 15) is 0 Å². The predicted molar refractivity (Wildman–Crippen MR) is 84.3 cm³/mol. The lowest BCUT2D eigenvalue weighted by atomic mass is 9.85. The first kappa shape index (κ1) is 14.6. The van der Waals surface area contributed by atoms with Crippen LogP contribution < -0.4 is 5.59 Å². The van der Waals surface area contributed by atoms with Gasteiger partial charge < -0.3 is 9.31 Å². The normalized spacial score (nSPS) is 20.0. The molecule has 1 saturated heterocycles. The standard InChI is InChI=1S/C15H18BClN2O2/c1-14(2)15(3,4)21-16(20-14)13-9-10-19(18-13)12-8-6-5-7-11(12)17/h5-10H,1-4H3. The number of benzene rings is 1. The van der Waals surface area contributed by atoms with Crippen molar-refractivity contribution in [3.63, 3.8) is 0 Å². The summed E-state index contributed by atoms with van der Waals surface area (Å²) < 4.78 is 13.7. The van der Waals surface area contributed by atoms with Crippen molar-refractivity contribution in [3.05, 3.63) is 41.6 Å². The second-order valence-corrected chi connectivity index (χ2v) is 6.63. The highest BCUT2D eigenvalue weighted by Crippen LogP contribution is 2.36. The third kappa shape index (κ3) is 2.50. The van der Waals surface area contributed by atoms with E-state index >= 15 is 0 Å². The topological polar surface area (TPSA) is 36.3 Å². The Balaban J connectivity index is 1.89. The first-order chi connectivity index (χ1) is 9.80. The van der Waals surface area contributed by atoms with E-state index in [-0.39, 0.29) is 11.2 Å². The van der Waals surface area contributed by atoms with Crippen LogP contribution >= 0.6 is 11.6 Å². The number of hydrogen-bond donors (Lipinski definition) is 0. The summed E-state index contributed by atoms with van der Waals surface area (Å²) in [7, 11) is -0.460. The third-order valence-corrected chi connectivity index (χ3v) is 4.52. The van der Waals surface area contributed by atoms with Gasteiger partial charge in [-0.05, 0) is 45.9 Å². The summed E-state index contributed by atoms with van der Waals surface area (Å²) in [6.45, 7) is 8.10. The van der Waals surface area contributed by atoms with Crippen molar-refractivity contribution in [2.75, 3.05) is 0 Å². The fraction of sp³-hybridized carbons (Fsp3) is 0.400. The largest absolute Gasteiger partial charge is 0.516 e. The monoisotopic (exact) mass is 304 g/mol. The number of para-hydroxylation sites is 1. The summed E-state index contributed by atoms with van der Waals surface area (Å²) in [5, 5.41) is 5.19. The van der Waals surface area contributed by atoms with E-state index < -0.39 is 7.12 Å². The summed E-state index contributed by atoms with van der Waals surface area (Å²) >= 11 is 6.19. The maximum absolute atomic E-state index is 6.19. The summed E-state index contributed by atoms with van der Waals surface area (Å²) in [6, 6.07) is 9.48. The van der Waals surface area contributed by atoms with Crippen molar-refractivity contribution in [1.29, 1.82) is 0 Å². The molecular formula is C15H18BClN2O2. The molecule has 6 heteroatoms. The van der Waals surface area contributed by atoms with Crippen LogP contribution in [0.5, 0.6) is 0 Å². The molecule has 1 aromatic carbocycles. The first-order valence-electron chi connectivity index (χ1n) is 6.96. The number of hydrogen-bond acceptors (Lipinski definition) is 3. The lowest BCUT2D eigenvalue weighted by Gasteiger charge is -2.32. The Morgan fingerprint density at radius 1 is 1.05 bits per heavy atom. The highest BCUT2D eigenvalue weighted by molar-refractivity contribution is 6.61. The lowest BCUT2D eigenvalue weighted by molar-refractivity contribution is 0.00578. The molecule has 1 aliphatic heterocycles. The maximum atomic E-state index is 6.19. The van der Waals surface area contributed by atoms with E-state index in [0.29, 0.717) is 5.02 Å². The van der Waals surface area contributed by atoms with E-state index in [4.69, 9.17) is 20.9 Å². The van der Waals surface area contributed by atoms with Gasteiger partial charge in [-0.3, -0.25) is 0 Å². The van der Waals surface area contributed by atoms with E-state index in [0.717, 1.165) is 11.3 Å². The summed E-state index contributed by atoms with van der Waals surface area (Å²) in [5.74, 6) is 0. The molecule has 21 heavy (non-hydrogen) atoms. The minimum absolute atomic E-state index is 0.369. The van der Waals surface area contributed by atoms with E-state index in [1.54, 1.807) is 4.68 Å². The average Bonchev–Trinajstić information content (AvgIpc) is 2.94. The number of aromatic nitrogens is 2. The molecule has 0 spiro atoms. The average molecular weight is 305 g/mol. The zero-order valence-electron chi connectivity index (χ0n) is 12.6. The summed E-state index contributed by atoms with van der Waals surface area (Å²) in [6.07, 6.45) is 1.86. The van der Waals surface area contributed by atoms with Gasteiger partial charge in [0.15, 0.2) is 0 Å². The third-order valence-electron chi connectivity index (χ3n) is 4.20. The van der Waals surface area contributed by atoms with Crippen molar-refractivity contribution in [2.24, 2.45) is 0 Å². The van der Waals surface area contributed by atoms with Crippen LogP contribution in [0.1, 0.15) is 27.7 Å². The van der Waals surface area contributed by atoms with Crippen LogP contribution in [0.25, 0.3) is 5.69 Å². The van der Waals surface area contributed by atoms with Gasteiger partial charge in [-0.15, -0.1) is 0 Å². The van der Waals surface area contributed by atoms with Crippen molar-refractivity contribution in [2.45, 2.75) is 38.9 Å². The molecule has 2 aromatic rings. The highest BCUT2D eigenvalue weighted by atomic mass is 35.5. The Bertz CT molecular complexity index is 653. The Kier molecular flexibility index (Phi) is 3.39. The van der Waals surface area contributed by atoms with Gasteiger partial charge in [0, 0.05) is 6.20 Å². The zero-order chi connectivity index (χ0) is 15.3. The van der Waals surface area contributed by atoms with Crippen LogP contribution in [0, 0.1) is 0 Å². The maximum Gasteiger partial charge on any atom is 0.516 e. The molecule has 110 valence electrons. The fourth-order valence-corrected chi connectivity index (χ4v) is 2.42. The van der Waals surface area contributed by atoms with Crippen molar-refractivity contribution in [1.82, 2.24) is 9.78 Å². The van der Waals surface area contributed by atoms with E-state index in [1.807, 2.05) is 64.2 Å². The quantitative estimate of drug-likeness (QED) is 0.801. The van der Waals surface area contributed by atoms with Crippen LogP contribution in [0.2, 0.25) is 5.02 Å². The molecule has 2 heterocycles. The fourth-order valence-electron chi connectivity index (χ4n) is 2.20. The van der Waals surface area contributed by atoms with Gasteiger partial charge >= 0.3 is 7.12 Å². The molecule has 0 amide bonds. The molecule has 4 nitrogen and oxygen atoms in total. The number of rotatable bonds is 2. The van der Waals surface area contributed by atoms with E-state index in [2.05, 4.69) is 5.10 Å². The predicted octanol–water partition coefficient (Wildman–Crippen LogP) is 2.82. The van der Waals surface area contributed by atoms with Crippen LogP contribution in [0.3, 0.4) is 0 Å². The van der Waals surface area contributed by atoms with Gasteiger partial charge in [0.05, 0.1) is 27.5 Å². The van der Waals surface area contributed by atoms with Crippen molar-refractivity contribution < 1.29 is 9.31 Å². The van der Waals surface area contributed by atoms with Crippen LogP contribution in [0.4, 0.5) is 0 Å². The van der Waals surface area contributed by atoms with Crippen LogP contribution in [-0.2, 0) is 9.31 Å². The molecule has 3 rings (SSSR count). The SMILES string of the molecule is CC1(C)OB(c2ccn(-c3ccccc3Cl)n2)OC1(C)C. The molecule has 1 aromatic heterocycles. The molecule has 1 fully saturated rings. The van der Waals surface area contributed by atoms with Crippen LogP contribution in [-0.4, -0.2) is 28.1 Å². The molecule has 0 radical (unpaired) electrons. The van der Waals surface area contributed by atoms with Gasteiger partial charge in [0.1, 0.15) is 0 Å². The van der Waals surface area contributed by atoms with Crippen molar-refractivity contribution in [3.8, 4) is 5.69 Å². The molecule has 0 bridgehead atoms. The Labute approximate surface area is 130 Å². The molecule has 0 aliphatic carbocycles. The second-order valence-electron chi connectivity index (χ2n) is 6.22. The molecule has 0 N–H and O–H groups in total. The highest BCUT2D eigenvalue weighted by Gasteiger charge is 2.52. The minimum atomic E-state index is -0.460. The van der Waals surface area contributed by atoms with Gasteiger partial charge in [0.25, 0.3) is 0 Å². The minimum Gasteiger partial charge on any atom is -0.398 e. The lowest BCUT2D eigenvalue weighted by Crippen LogP contribution is -2.41. The first-order valence-corrected chi connectivity index (χ1v) is 7.34. The Hall–Kier alpha value is -1.30. The van der Waals surface area contributed by atoms with Crippen LogP contribution in [0.15, 0.2) is 36.5 Å².